The van der Waals surface area contributed by atoms with E-state index in [1.165, 1.54) is 0 Å². The van der Waals surface area contributed by atoms with Crippen LogP contribution in [0, 0.1) is 35.0 Å². The van der Waals surface area contributed by atoms with Crippen LogP contribution in [0.2, 0.25) is 0 Å². The van der Waals surface area contributed by atoms with Crippen molar-refractivity contribution in [2.24, 2.45) is 35.0 Å². The van der Waals surface area contributed by atoms with Gasteiger partial charge in [0, 0.05) is 11.3 Å². The average Bonchev–Trinajstić information content (AvgIpc) is 2.95. The number of benzene rings is 2. The van der Waals surface area contributed by atoms with Crippen LogP contribution < -0.4 is 0 Å². The first-order valence-electron chi connectivity index (χ1n) is 15.6. The molecular formula is C36H54O6. The molecule has 0 aliphatic heterocycles. The molecule has 42 heavy (non-hydrogen) atoms. The molecule has 234 valence electrons. The summed E-state index contributed by atoms with van der Waals surface area (Å²) in [5.74, 6) is -1.08. The first kappa shape index (κ1) is 35.5. The number of ether oxygens (including phenoxy) is 2. The Morgan fingerprint density at radius 1 is 0.714 bits per heavy atom. The van der Waals surface area contributed by atoms with Crippen LogP contribution in [0.3, 0.4) is 0 Å². The molecule has 0 saturated heterocycles. The maximum absolute atomic E-state index is 13.6. The van der Waals surface area contributed by atoms with Gasteiger partial charge in [0.05, 0.1) is 23.3 Å². The van der Waals surface area contributed by atoms with Gasteiger partial charge < -0.3 is 19.7 Å². The van der Waals surface area contributed by atoms with E-state index in [1.807, 2.05) is 39.8 Å². The molecule has 6 heteroatoms. The molecule has 0 bridgehead atoms. The van der Waals surface area contributed by atoms with Gasteiger partial charge in [-0.15, -0.1) is 0 Å². The number of carbonyl (C=O) groups excluding carboxylic acids is 2. The second-order valence-corrected chi connectivity index (χ2v) is 13.3. The fourth-order valence-electron chi connectivity index (χ4n) is 5.74. The van der Waals surface area contributed by atoms with Gasteiger partial charge in [-0.25, -0.2) is 9.59 Å². The summed E-state index contributed by atoms with van der Waals surface area (Å²) >= 11 is 0. The molecule has 0 amide bonds. The van der Waals surface area contributed by atoms with Crippen molar-refractivity contribution in [3.05, 3.63) is 71.8 Å². The number of rotatable bonds is 17. The minimum Gasteiger partial charge on any atom is -0.461 e. The standard InChI is InChI=1S/C36H54O6/c1-24(2)19-20-30(37)31(26(5)6)32(38)33(42-35(40)29-17-13-10-14-18-29)36(27(7)8,22-21-25(3)4)23-41-34(39)28-15-11-9-12-16-28/h9-18,24-27,30-33,37-38H,19-23H2,1-8H3. The summed E-state index contributed by atoms with van der Waals surface area (Å²) in [6.07, 6.45) is -0.347. The second-order valence-electron chi connectivity index (χ2n) is 13.3. The van der Waals surface area contributed by atoms with E-state index in [0.29, 0.717) is 35.8 Å². The minimum atomic E-state index is -1.19. The fourth-order valence-corrected chi connectivity index (χ4v) is 5.74. The van der Waals surface area contributed by atoms with Crippen LogP contribution in [0.25, 0.3) is 0 Å². The number of aliphatic hydroxyl groups excluding tert-OH is 2. The van der Waals surface area contributed by atoms with Gasteiger partial charge in [-0.3, -0.25) is 0 Å². The van der Waals surface area contributed by atoms with Crippen molar-refractivity contribution in [1.29, 1.82) is 0 Å². The van der Waals surface area contributed by atoms with Crippen molar-refractivity contribution >= 4 is 11.9 Å². The second kappa shape index (κ2) is 16.8. The Bertz CT molecular complexity index is 1060. The van der Waals surface area contributed by atoms with E-state index in [-0.39, 0.29) is 18.4 Å². The molecule has 0 heterocycles. The summed E-state index contributed by atoms with van der Waals surface area (Å²) in [6.45, 7) is 16.4. The summed E-state index contributed by atoms with van der Waals surface area (Å²) in [6, 6.07) is 17.5. The molecule has 2 aromatic rings. The first-order valence-corrected chi connectivity index (χ1v) is 15.6. The smallest absolute Gasteiger partial charge is 0.338 e. The van der Waals surface area contributed by atoms with Crippen molar-refractivity contribution in [2.45, 2.75) is 99.4 Å². The van der Waals surface area contributed by atoms with Gasteiger partial charge in [-0.1, -0.05) is 98.2 Å². The van der Waals surface area contributed by atoms with Crippen LogP contribution >= 0.6 is 0 Å². The lowest BCUT2D eigenvalue weighted by molar-refractivity contribution is -0.155. The van der Waals surface area contributed by atoms with E-state index < -0.39 is 41.6 Å². The molecule has 0 saturated carbocycles. The molecule has 0 spiro atoms. The van der Waals surface area contributed by atoms with Gasteiger partial charge in [-0.05, 0) is 67.2 Å². The molecule has 5 unspecified atom stereocenters. The summed E-state index contributed by atoms with van der Waals surface area (Å²) in [4.78, 5) is 26.8. The van der Waals surface area contributed by atoms with Crippen LogP contribution in [0.5, 0.6) is 0 Å². The van der Waals surface area contributed by atoms with Crippen molar-refractivity contribution in [1.82, 2.24) is 0 Å². The molecule has 2 N–H and O–H groups in total. The lowest BCUT2D eigenvalue weighted by Crippen LogP contribution is -2.56. The van der Waals surface area contributed by atoms with Crippen LogP contribution in [-0.4, -0.2) is 47.1 Å². The van der Waals surface area contributed by atoms with E-state index >= 15 is 0 Å². The number of esters is 2. The van der Waals surface area contributed by atoms with Crippen molar-refractivity contribution < 1.29 is 29.3 Å². The Kier molecular flexibility index (Phi) is 14.2. The van der Waals surface area contributed by atoms with Crippen molar-refractivity contribution in [3.8, 4) is 0 Å². The lowest BCUT2D eigenvalue weighted by atomic mass is 9.64. The maximum atomic E-state index is 13.6. The SMILES string of the molecule is CC(C)CCC(O)C(C(C)C)C(O)C(OC(=O)c1ccccc1)C(CCC(C)C)(COC(=O)c1ccccc1)C(C)C. The molecule has 2 aromatic carbocycles. The number of hydrogen-bond donors (Lipinski definition) is 2. The van der Waals surface area contributed by atoms with Gasteiger partial charge in [0.1, 0.15) is 12.7 Å². The van der Waals surface area contributed by atoms with Gasteiger partial charge in [-0.2, -0.15) is 0 Å². The third-order valence-electron chi connectivity index (χ3n) is 8.59. The van der Waals surface area contributed by atoms with Gasteiger partial charge in [0.15, 0.2) is 0 Å². The Labute approximate surface area is 253 Å². The largest absolute Gasteiger partial charge is 0.461 e. The fraction of sp³-hybridized carbons (Fsp3) is 0.611. The van der Waals surface area contributed by atoms with E-state index in [2.05, 4.69) is 27.7 Å². The van der Waals surface area contributed by atoms with Gasteiger partial charge >= 0.3 is 11.9 Å². The van der Waals surface area contributed by atoms with Gasteiger partial charge in [0.2, 0.25) is 0 Å². The quantitative estimate of drug-likeness (QED) is 0.187. The molecule has 0 aliphatic rings. The van der Waals surface area contributed by atoms with Crippen molar-refractivity contribution in [3.63, 3.8) is 0 Å². The summed E-state index contributed by atoms with van der Waals surface area (Å²) in [5, 5.41) is 23.6. The average molecular weight is 583 g/mol. The predicted molar refractivity (Wildman–Crippen MR) is 168 cm³/mol. The highest BCUT2D eigenvalue weighted by molar-refractivity contribution is 5.90. The van der Waals surface area contributed by atoms with Crippen molar-refractivity contribution in [2.75, 3.05) is 6.61 Å². The highest BCUT2D eigenvalue weighted by Crippen LogP contribution is 2.44. The highest BCUT2D eigenvalue weighted by atomic mass is 16.6. The number of aliphatic hydroxyl groups is 2. The zero-order valence-electron chi connectivity index (χ0n) is 27.0. The first-order chi connectivity index (χ1) is 19.8. The summed E-state index contributed by atoms with van der Waals surface area (Å²) in [7, 11) is 0. The van der Waals surface area contributed by atoms with Crippen LogP contribution in [0.4, 0.5) is 0 Å². The van der Waals surface area contributed by atoms with E-state index in [9.17, 15) is 19.8 Å². The molecule has 5 atom stereocenters. The molecule has 2 rings (SSSR count). The third kappa shape index (κ3) is 9.95. The zero-order chi connectivity index (χ0) is 31.4. The Balaban J connectivity index is 2.62. The molecule has 0 fully saturated rings. The summed E-state index contributed by atoms with van der Waals surface area (Å²) in [5.41, 5.74) is -0.107. The Hall–Kier alpha value is -2.70. The van der Waals surface area contributed by atoms with Crippen LogP contribution in [0.15, 0.2) is 60.7 Å². The van der Waals surface area contributed by atoms with Gasteiger partial charge in [0.25, 0.3) is 0 Å². The predicted octanol–water partition coefficient (Wildman–Crippen LogP) is 7.58. The van der Waals surface area contributed by atoms with E-state index in [4.69, 9.17) is 9.47 Å². The topological polar surface area (TPSA) is 93.1 Å². The van der Waals surface area contributed by atoms with E-state index in [1.54, 1.807) is 48.5 Å². The van der Waals surface area contributed by atoms with E-state index in [0.717, 1.165) is 12.8 Å². The number of carbonyl (C=O) groups is 2. The number of hydrogen-bond acceptors (Lipinski definition) is 6. The minimum absolute atomic E-state index is 0.0399. The molecular weight excluding hydrogens is 528 g/mol. The Morgan fingerprint density at radius 3 is 1.67 bits per heavy atom. The zero-order valence-corrected chi connectivity index (χ0v) is 27.0. The molecule has 6 nitrogen and oxygen atoms in total. The molecule has 0 radical (unpaired) electrons. The highest BCUT2D eigenvalue weighted by Gasteiger charge is 2.51. The van der Waals surface area contributed by atoms with Crippen LogP contribution in [-0.2, 0) is 9.47 Å². The molecule has 0 aliphatic carbocycles. The maximum Gasteiger partial charge on any atom is 0.338 e. The normalized spacial score (nSPS) is 16.2. The summed E-state index contributed by atoms with van der Waals surface area (Å²) < 4.78 is 12.3. The Morgan fingerprint density at radius 2 is 1.21 bits per heavy atom. The lowest BCUT2D eigenvalue weighted by Gasteiger charge is -2.47. The monoisotopic (exact) mass is 582 g/mol. The third-order valence-corrected chi connectivity index (χ3v) is 8.59. The van der Waals surface area contributed by atoms with Crippen LogP contribution in [0.1, 0.15) is 102 Å². The molecule has 0 aromatic heterocycles.